The third-order valence-corrected chi connectivity index (χ3v) is 5.49. The number of nitrogens with zero attached hydrogens (tertiary/aromatic N) is 1. The average molecular weight is 309 g/mol. The van der Waals surface area contributed by atoms with Gasteiger partial charge in [0.1, 0.15) is 5.75 Å². The average Bonchev–Trinajstić information content (AvgIpc) is 2.62. The van der Waals surface area contributed by atoms with Gasteiger partial charge in [-0.2, -0.15) is 0 Å². The van der Waals surface area contributed by atoms with E-state index < -0.39 is 0 Å². The largest absolute Gasteiger partial charge is 0.493 e. The molecule has 2 heterocycles. The fourth-order valence-electron chi connectivity index (χ4n) is 4.15. The highest BCUT2D eigenvalue weighted by atomic mass is 16.5. The Morgan fingerprint density at radius 1 is 1.04 bits per heavy atom. The van der Waals surface area contributed by atoms with Crippen molar-refractivity contribution in [2.75, 3.05) is 26.7 Å². The van der Waals surface area contributed by atoms with Gasteiger partial charge in [0.25, 0.3) is 0 Å². The van der Waals surface area contributed by atoms with Gasteiger partial charge in [0.2, 0.25) is 0 Å². The van der Waals surface area contributed by atoms with Gasteiger partial charge in [-0.05, 0) is 44.6 Å². The Morgan fingerprint density at radius 3 is 2.52 bits per heavy atom. The molecular weight excluding hydrogens is 286 g/mol. The van der Waals surface area contributed by atoms with Crippen LogP contribution in [0.5, 0.6) is 17.2 Å². The third-order valence-electron chi connectivity index (χ3n) is 5.49. The van der Waals surface area contributed by atoms with E-state index in [4.69, 9.17) is 9.47 Å². The summed E-state index contributed by atoms with van der Waals surface area (Å²) in [5.74, 6) is 2.71. The number of hydrogen-bond donors (Lipinski definition) is 0. The summed E-state index contributed by atoms with van der Waals surface area (Å²) in [5, 5.41) is 0. The quantitative estimate of drug-likeness (QED) is 0.830. The van der Waals surface area contributed by atoms with Crippen molar-refractivity contribution in [1.29, 1.82) is 0 Å². The molecular formula is C20H23NO2. The van der Waals surface area contributed by atoms with Crippen LogP contribution in [0.15, 0.2) is 42.5 Å². The maximum atomic E-state index is 6.24. The Hall–Kier alpha value is -2.00. The Bertz CT molecular complexity index is 717. The fraction of sp³-hybridized carbons (Fsp3) is 0.400. The molecule has 0 unspecified atom stereocenters. The zero-order chi connectivity index (χ0) is 15.9. The minimum absolute atomic E-state index is 0.0460. The van der Waals surface area contributed by atoms with Crippen molar-refractivity contribution in [2.45, 2.75) is 25.2 Å². The number of fused-ring (bicyclic) bond motifs is 4. The number of hydrogen-bond acceptors (Lipinski definition) is 3. The van der Waals surface area contributed by atoms with Crippen molar-refractivity contribution in [2.24, 2.45) is 0 Å². The first-order valence-corrected chi connectivity index (χ1v) is 8.45. The van der Waals surface area contributed by atoms with E-state index in [-0.39, 0.29) is 5.41 Å². The molecule has 3 nitrogen and oxygen atoms in total. The molecule has 0 atom stereocenters. The summed E-state index contributed by atoms with van der Waals surface area (Å²) in [6, 6.07) is 14.8. The number of piperidine rings is 1. The van der Waals surface area contributed by atoms with Crippen LogP contribution in [0, 0.1) is 0 Å². The van der Waals surface area contributed by atoms with Crippen LogP contribution in [0.25, 0.3) is 0 Å². The summed E-state index contributed by atoms with van der Waals surface area (Å²) in [7, 11) is 1.71. The standard InChI is InChI=1S/C20H23NO2/c1-3-21-13-11-20(12-14-21)15-7-4-5-9-17(15)23-19-16(20)8-6-10-18(19)22-2/h4-10H,3,11-14H2,1-2H3. The van der Waals surface area contributed by atoms with Crippen molar-refractivity contribution in [3.63, 3.8) is 0 Å². The second-order valence-corrected chi connectivity index (χ2v) is 6.45. The lowest BCUT2D eigenvalue weighted by molar-refractivity contribution is 0.178. The Morgan fingerprint density at radius 2 is 1.78 bits per heavy atom. The van der Waals surface area contributed by atoms with Gasteiger partial charge < -0.3 is 14.4 Å². The van der Waals surface area contributed by atoms with Gasteiger partial charge >= 0.3 is 0 Å². The normalized spacial score (nSPS) is 18.9. The molecule has 120 valence electrons. The van der Waals surface area contributed by atoms with Crippen LogP contribution in [-0.4, -0.2) is 31.6 Å². The number of para-hydroxylation sites is 2. The summed E-state index contributed by atoms with van der Waals surface area (Å²) in [4.78, 5) is 2.53. The van der Waals surface area contributed by atoms with Crippen LogP contribution in [0.3, 0.4) is 0 Å². The van der Waals surface area contributed by atoms with Crippen LogP contribution in [-0.2, 0) is 5.41 Å². The summed E-state index contributed by atoms with van der Waals surface area (Å²) in [5.41, 5.74) is 2.66. The molecule has 1 saturated heterocycles. The second-order valence-electron chi connectivity index (χ2n) is 6.45. The number of likely N-dealkylation sites (tertiary alicyclic amines) is 1. The van der Waals surface area contributed by atoms with E-state index in [1.807, 2.05) is 12.1 Å². The number of benzene rings is 2. The highest BCUT2D eigenvalue weighted by Crippen LogP contribution is 2.55. The van der Waals surface area contributed by atoms with Crippen molar-refractivity contribution in [3.05, 3.63) is 53.6 Å². The molecule has 0 amide bonds. The molecule has 0 saturated carbocycles. The van der Waals surface area contributed by atoms with Gasteiger partial charge in [0.15, 0.2) is 11.5 Å². The lowest BCUT2D eigenvalue weighted by atomic mass is 9.66. The molecule has 1 spiro atoms. The van der Waals surface area contributed by atoms with Crippen LogP contribution in [0.4, 0.5) is 0 Å². The summed E-state index contributed by atoms with van der Waals surface area (Å²) in [6.45, 7) is 5.62. The van der Waals surface area contributed by atoms with Crippen LogP contribution in [0.2, 0.25) is 0 Å². The van der Waals surface area contributed by atoms with Crippen LogP contribution < -0.4 is 9.47 Å². The van der Waals surface area contributed by atoms with E-state index in [9.17, 15) is 0 Å². The number of rotatable bonds is 2. The summed E-state index contributed by atoms with van der Waals surface area (Å²) in [6.07, 6.45) is 2.25. The van der Waals surface area contributed by atoms with E-state index in [2.05, 4.69) is 42.2 Å². The van der Waals surface area contributed by atoms with Crippen LogP contribution in [0.1, 0.15) is 30.9 Å². The van der Waals surface area contributed by atoms with Gasteiger partial charge in [-0.15, -0.1) is 0 Å². The van der Waals surface area contributed by atoms with E-state index in [1.54, 1.807) is 7.11 Å². The summed E-state index contributed by atoms with van der Waals surface area (Å²) < 4.78 is 11.8. The summed E-state index contributed by atoms with van der Waals surface area (Å²) >= 11 is 0. The van der Waals surface area contributed by atoms with Gasteiger partial charge in [0.05, 0.1) is 7.11 Å². The smallest absolute Gasteiger partial charge is 0.173 e. The monoisotopic (exact) mass is 309 g/mol. The van der Waals surface area contributed by atoms with Gasteiger partial charge in [0, 0.05) is 16.5 Å². The molecule has 1 fully saturated rings. The topological polar surface area (TPSA) is 21.7 Å². The predicted octanol–water partition coefficient (Wildman–Crippen LogP) is 4.20. The molecule has 2 aromatic carbocycles. The van der Waals surface area contributed by atoms with Crippen molar-refractivity contribution in [1.82, 2.24) is 4.90 Å². The maximum absolute atomic E-state index is 6.24. The maximum Gasteiger partial charge on any atom is 0.173 e. The zero-order valence-corrected chi connectivity index (χ0v) is 13.8. The van der Waals surface area contributed by atoms with Crippen molar-refractivity contribution < 1.29 is 9.47 Å². The van der Waals surface area contributed by atoms with Crippen LogP contribution >= 0.6 is 0 Å². The van der Waals surface area contributed by atoms with Gasteiger partial charge in [-0.25, -0.2) is 0 Å². The van der Waals surface area contributed by atoms with E-state index in [0.717, 1.165) is 49.7 Å². The molecule has 2 aliphatic rings. The highest BCUT2D eigenvalue weighted by molar-refractivity contribution is 5.62. The first-order chi connectivity index (χ1) is 11.3. The van der Waals surface area contributed by atoms with Crippen molar-refractivity contribution in [3.8, 4) is 17.2 Å². The third kappa shape index (κ3) is 2.14. The van der Waals surface area contributed by atoms with Gasteiger partial charge in [-0.3, -0.25) is 0 Å². The molecule has 2 aromatic rings. The lowest BCUT2D eigenvalue weighted by Crippen LogP contribution is -2.44. The lowest BCUT2D eigenvalue weighted by Gasteiger charge is -2.45. The molecule has 0 radical (unpaired) electrons. The highest BCUT2D eigenvalue weighted by Gasteiger charge is 2.44. The Labute approximate surface area is 137 Å². The fourth-order valence-corrected chi connectivity index (χ4v) is 4.15. The molecule has 0 N–H and O–H groups in total. The molecule has 0 bridgehead atoms. The SMILES string of the molecule is CCN1CCC2(CC1)c1ccccc1Oc1c(OC)cccc12. The number of ether oxygens (including phenoxy) is 2. The molecule has 0 aliphatic carbocycles. The minimum Gasteiger partial charge on any atom is -0.493 e. The molecule has 2 aliphatic heterocycles. The van der Waals surface area contributed by atoms with E-state index in [0.29, 0.717) is 0 Å². The molecule has 23 heavy (non-hydrogen) atoms. The molecule has 3 heteroatoms. The number of methoxy groups -OCH3 is 1. The van der Waals surface area contributed by atoms with E-state index >= 15 is 0 Å². The minimum atomic E-state index is 0.0460. The molecule has 4 rings (SSSR count). The Balaban J connectivity index is 1.89. The van der Waals surface area contributed by atoms with Gasteiger partial charge in [-0.1, -0.05) is 37.3 Å². The molecule has 0 aromatic heterocycles. The zero-order valence-electron chi connectivity index (χ0n) is 13.8. The van der Waals surface area contributed by atoms with Crippen molar-refractivity contribution >= 4 is 0 Å². The second kappa shape index (κ2) is 5.57. The first-order valence-electron chi connectivity index (χ1n) is 8.45. The van der Waals surface area contributed by atoms with E-state index in [1.165, 1.54) is 11.1 Å². The first kappa shape index (κ1) is 14.6. The predicted molar refractivity (Wildman–Crippen MR) is 91.6 cm³/mol. The Kier molecular flexibility index (Phi) is 3.53.